The number of aryl methyl sites for hydroxylation is 1. The van der Waals surface area contributed by atoms with Crippen LogP contribution in [0.15, 0.2) is 47.4 Å². The highest BCUT2D eigenvalue weighted by atomic mass is 32.2. The third kappa shape index (κ3) is 3.93. The van der Waals surface area contributed by atoms with Crippen LogP contribution in [0.3, 0.4) is 0 Å². The summed E-state index contributed by atoms with van der Waals surface area (Å²) in [5.74, 6) is 0.760. The number of nitrogens with zero attached hydrogens (tertiary/aromatic N) is 1. The highest BCUT2D eigenvalue weighted by Gasteiger charge is 2.25. The normalized spacial score (nSPS) is 11.8. The van der Waals surface area contributed by atoms with Crippen LogP contribution in [0.2, 0.25) is 0 Å². The van der Waals surface area contributed by atoms with Gasteiger partial charge in [-0.25, -0.2) is 17.2 Å². The van der Waals surface area contributed by atoms with Crippen molar-refractivity contribution in [3.63, 3.8) is 0 Å². The molecule has 1 amide bonds. The van der Waals surface area contributed by atoms with Crippen LogP contribution in [0.1, 0.15) is 36.6 Å². The molecular formula is C21H24N2O5S. The first kappa shape index (κ1) is 20.7. The number of nitrogens with one attached hydrogen (secondary N) is 1. The fourth-order valence-electron chi connectivity index (χ4n) is 3.30. The van der Waals surface area contributed by atoms with Gasteiger partial charge in [-0.3, -0.25) is 0 Å². The van der Waals surface area contributed by atoms with Gasteiger partial charge in [-0.1, -0.05) is 31.5 Å². The van der Waals surface area contributed by atoms with E-state index >= 15 is 0 Å². The smallest absolute Gasteiger partial charge is 0.404 e. The second kappa shape index (κ2) is 7.79. The Morgan fingerprint density at radius 1 is 1.17 bits per heavy atom. The van der Waals surface area contributed by atoms with Crippen molar-refractivity contribution in [2.45, 2.75) is 38.1 Å². The second-order valence-electron chi connectivity index (χ2n) is 7.18. The van der Waals surface area contributed by atoms with Gasteiger partial charge in [0.25, 0.3) is 10.0 Å². The third-order valence-corrected chi connectivity index (χ3v) is 6.56. The quantitative estimate of drug-likeness (QED) is 0.631. The van der Waals surface area contributed by atoms with E-state index < -0.39 is 16.1 Å². The molecule has 3 rings (SSSR count). The topological polar surface area (TPSA) is 97.6 Å². The summed E-state index contributed by atoms with van der Waals surface area (Å²) < 4.78 is 33.6. The van der Waals surface area contributed by atoms with E-state index in [1.165, 1.54) is 3.97 Å². The van der Waals surface area contributed by atoms with Crippen molar-refractivity contribution >= 4 is 27.0 Å². The minimum absolute atomic E-state index is 0.129. The summed E-state index contributed by atoms with van der Waals surface area (Å²) in [5.41, 5.74) is 2.65. The van der Waals surface area contributed by atoms with Gasteiger partial charge in [-0.05, 0) is 42.7 Å². The zero-order valence-electron chi connectivity index (χ0n) is 16.8. The fraction of sp³-hybridized carbons (Fsp3) is 0.286. The standard InChI is InChI=1S/C21H24N2O5S/c1-13(2)18-10-15-9-16(12-22-21(24)25)23(19(15)11-20(18)28-4)29(26,27)17-7-5-14(3)6-8-17/h5-11,13,22H,12H2,1-4H3,(H,24,25). The Bertz CT molecular complexity index is 1160. The molecule has 0 unspecified atom stereocenters. The molecule has 0 aliphatic heterocycles. The first-order valence-electron chi connectivity index (χ1n) is 9.16. The van der Waals surface area contributed by atoms with Crippen LogP contribution in [0.25, 0.3) is 10.9 Å². The SMILES string of the molecule is COc1cc2c(cc1C(C)C)cc(CNC(=O)O)n2S(=O)(=O)c1ccc(C)cc1. The highest BCUT2D eigenvalue weighted by Crippen LogP contribution is 2.34. The van der Waals surface area contributed by atoms with Crippen molar-refractivity contribution in [1.82, 2.24) is 9.29 Å². The third-order valence-electron chi connectivity index (χ3n) is 4.78. The largest absolute Gasteiger partial charge is 0.496 e. The van der Waals surface area contributed by atoms with Crippen LogP contribution in [0, 0.1) is 6.92 Å². The van der Waals surface area contributed by atoms with Crippen molar-refractivity contribution < 1.29 is 23.1 Å². The van der Waals surface area contributed by atoms with Crippen LogP contribution in [0.5, 0.6) is 5.75 Å². The van der Waals surface area contributed by atoms with Gasteiger partial charge in [-0.15, -0.1) is 0 Å². The molecule has 0 saturated carbocycles. The molecule has 29 heavy (non-hydrogen) atoms. The number of rotatable bonds is 6. The molecule has 0 fully saturated rings. The Kier molecular flexibility index (Phi) is 5.57. The number of hydrogen-bond acceptors (Lipinski definition) is 4. The van der Waals surface area contributed by atoms with Gasteiger partial charge in [-0.2, -0.15) is 0 Å². The van der Waals surface area contributed by atoms with E-state index in [0.29, 0.717) is 22.3 Å². The van der Waals surface area contributed by atoms with Crippen molar-refractivity contribution in [3.05, 3.63) is 59.3 Å². The molecule has 0 aliphatic rings. The Morgan fingerprint density at radius 2 is 1.83 bits per heavy atom. The maximum absolute atomic E-state index is 13.5. The van der Waals surface area contributed by atoms with Crippen LogP contribution in [0.4, 0.5) is 4.79 Å². The predicted molar refractivity (Wildman–Crippen MR) is 111 cm³/mol. The van der Waals surface area contributed by atoms with Gasteiger partial charge in [0, 0.05) is 11.5 Å². The number of carbonyl (C=O) groups is 1. The fourth-order valence-corrected chi connectivity index (χ4v) is 4.84. The van der Waals surface area contributed by atoms with Crippen molar-refractivity contribution in [3.8, 4) is 5.75 Å². The monoisotopic (exact) mass is 416 g/mol. The number of benzene rings is 2. The Balaban J connectivity index is 2.30. The minimum Gasteiger partial charge on any atom is -0.496 e. The summed E-state index contributed by atoms with van der Waals surface area (Å²) in [5, 5.41) is 12.0. The van der Waals surface area contributed by atoms with Gasteiger partial charge in [0.05, 0.1) is 29.8 Å². The van der Waals surface area contributed by atoms with E-state index in [0.717, 1.165) is 11.1 Å². The van der Waals surface area contributed by atoms with Gasteiger partial charge in [0.1, 0.15) is 5.75 Å². The van der Waals surface area contributed by atoms with Crippen molar-refractivity contribution in [1.29, 1.82) is 0 Å². The lowest BCUT2D eigenvalue weighted by Gasteiger charge is -2.15. The van der Waals surface area contributed by atoms with Gasteiger partial charge >= 0.3 is 6.09 Å². The van der Waals surface area contributed by atoms with Crippen molar-refractivity contribution in [2.24, 2.45) is 0 Å². The molecule has 1 aromatic heterocycles. The van der Waals surface area contributed by atoms with E-state index in [1.54, 1.807) is 43.5 Å². The molecule has 0 saturated heterocycles. The maximum Gasteiger partial charge on any atom is 0.404 e. The van der Waals surface area contributed by atoms with E-state index in [-0.39, 0.29) is 17.4 Å². The zero-order chi connectivity index (χ0) is 21.3. The summed E-state index contributed by atoms with van der Waals surface area (Å²) in [4.78, 5) is 11.1. The van der Waals surface area contributed by atoms with Crippen LogP contribution < -0.4 is 10.1 Å². The lowest BCUT2D eigenvalue weighted by molar-refractivity contribution is 0.193. The Morgan fingerprint density at radius 3 is 2.38 bits per heavy atom. The number of ether oxygens (including phenoxy) is 1. The number of hydrogen-bond donors (Lipinski definition) is 2. The maximum atomic E-state index is 13.5. The molecule has 154 valence electrons. The molecule has 2 aromatic carbocycles. The van der Waals surface area contributed by atoms with E-state index in [1.807, 2.05) is 26.8 Å². The van der Waals surface area contributed by atoms with E-state index in [9.17, 15) is 13.2 Å². The number of aromatic nitrogens is 1. The summed E-state index contributed by atoms with van der Waals surface area (Å²) >= 11 is 0. The Labute approximate surface area is 170 Å². The summed E-state index contributed by atoms with van der Waals surface area (Å²) in [6, 6.07) is 11.8. The molecule has 0 atom stereocenters. The molecule has 1 heterocycles. The molecule has 0 spiro atoms. The average molecular weight is 416 g/mol. The molecule has 7 nitrogen and oxygen atoms in total. The lowest BCUT2D eigenvalue weighted by Crippen LogP contribution is -2.24. The molecule has 2 N–H and O–H groups in total. The lowest BCUT2D eigenvalue weighted by atomic mass is 10.0. The molecule has 0 bridgehead atoms. The number of carboxylic acid groups (broad SMARTS) is 1. The predicted octanol–water partition coefficient (Wildman–Crippen LogP) is 4.09. The van der Waals surface area contributed by atoms with E-state index in [4.69, 9.17) is 9.84 Å². The summed E-state index contributed by atoms with van der Waals surface area (Å²) in [7, 11) is -2.40. The Hall–Kier alpha value is -3.00. The second-order valence-corrected chi connectivity index (χ2v) is 8.97. The molecule has 0 radical (unpaired) electrons. The summed E-state index contributed by atoms with van der Waals surface area (Å²) in [6.07, 6.45) is -1.23. The first-order valence-corrected chi connectivity index (χ1v) is 10.6. The summed E-state index contributed by atoms with van der Waals surface area (Å²) in [6.45, 7) is 5.78. The van der Waals surface area contributed by atoms with Gasteiger partial charge < -0.3 is 15.2 Å². The first-order chi connectivity index (χ1) is 13.6. The van der Waals surface area contributed by atoms with Crippen LogP contribution in [-0.2, 0) is 16.6 Å². The van der Waals surface area contributed by atoms with E-state index in [2.05, 4.69) is 5.32 Å². The highest BCUT2D eigenvalue weighted by molar-refractivity contribution is 7.90. The average Bonchev–Trinajstić information content (AvgIpc) is 3.03. The molecule has 0 aliphatic carbocycles. The minimum atomic E-state index is -3.95. The number of amides is 1. The van der Waals surface area contributed by atoms with Gasteiger partial charge in [0.15, 0.2) is 0 Å². The molecule has 8 heteroatoms. The number of methoxy groups -OCH3 is 1. The number of fused-ring (bicyclic) bond motifs is 1. The van der Waals surface area contributed by atoms with Crippen LogP contribution >= 0.6 is 0 Å². The van der Waals surface area contributed by atoms with Crippen molar-refractivity contribution in [2.75, 3.05) is 7.11 Å². The molecular weight excluding hydrogens is 392 g/mol. The molecule has 3 aromatic rings. The van der Waals surface area contributed by atoms with Gasteiger partial charge in [0.2, 0.25) is 0 Å². The van der Waals surface area contributed by atoms with Crippen LogP contribution in [-0.4, -0.2) is 30.7 Å². The zero-order valence-corrected chi connectivity index (χ0v) is 17.6.